The second kappa shape index (κ2) is 8.88. The molecule has 0 bridgehead atoms. The number of aryl methyl sites for hydroxylation is 1. The van der Waals surface area contributed by atoms with Crippen molar-refractivity contribution in [2.24, 2.45) is 0 Å². The summed E-state index contributed by atoms with van der Waals surface area (Å²) in [6.07, 6.45) is 2.00. The molecule has 0 radical (unpaired) electrons. The van der Waals surface area contributed by atoms with Crippen molar-refractivity contribution < 1.29 is 9.59 Å². The van der Waals surface area contributed by atoms with E-state index in [9.17, 15) is 9.59 Å². The van der Waals surface area contributed by atoms with Crippen molar-refractivity contribution in [1.29, 1.82) is 0 Å². The molecule has 1 aliphatic heterocycles. The van der Waals surface area contributed by atoms with Gasteiger partial charge in [0.2, 0.25) is 5.91 Å². The van der Waals surface area contributed by atoms with Crippen LogP contribution < -0.4 is 5.32 Å². The van der Waals surface area contributed by atoms with Gasteiger partial charge in [0, 0.05) is 37.0 Å². The number of aromatic nitrogens is 1. The molecule has 29 heavy (non-hydrogen) atoms. The molecule has 1 aromatic carbocycles. The number of hydrogen-bond acceptors (Lipinski definition) is 5. The third kappa shape index (κ3) is 4.57. The Morgan fingerprint density at radius 1 is 1.21 bits per heavy atom. The Morgan fingerprint density at radius 2 is 2.03 bits per heavy atom. The highest BCUT2D eigenvalue weighted by Gasteiger charge is 2.20. The molecular formula is C22H23N3O2S2. The van der Waals surface area contributed by atoms with Crippen molar-refractivity contribution in [3.63, 3.8) is 0 Å². The van der Waals surface area contributed by atoms with Crippen molar-refractivity contribution in [3.05, 3.63) is 62.8 Å². The van der Waals surface area contributed by atoms with Crippen molar-refractivity contribution >= 4 is 34.5 Å². The minimum Gasteiger partial charge on any atom is -0.351 e. The Morgan fingerprint density at radius 3 is 2.83 bits per heavy atom. The molecule has 0 spiro atoms. The lowest BCUT2D eigenvalue weighted by Crippen LogP contribution is -2.36. The number of benzene rings is 1. The Bertz CT molecular complexity index is 1010. The molecule has 1 aliphatic rings. The van der Waals surface area contributed by atoms with Crippen molar-refractivity contribution in [2.45, 2.75) is 32.7 Å². The third-order valence-corrected chi connectivity index (χ3v) is 7.00. The fourth-order valence-corrected chi connectivity index (χ4v) is 5.20. The lowest BCUT2D eigenvalue weighted by molar-refractivity contribution is -0.132. The molecule has 2 aromatic heterocycles. The summed E-state index contributed by atoms with van der Waals surface area (Å²) in [4.78, 5) is 32.1. The summed E-state index contributed by atoms with van der Waals surface area (Å²) in [6.45, 7) is 3.81. The summed E-state index contributed by atoms with van der Waals surface area (Å²) in [5.74, 6) is 0.0447. The highest BCUT2D eigenvalue weighted by molar-refractivity contribution is 7.17. The van der Waals surface area contributed by atoms with Gasteiger partial charge in [-0.2, -0.15) is 11.3 Å². The zero-order valence-corrected chi connectivity index (χ0v) is 17.9. The van der Waals surface area contributed by atoms with Gasteiger partial charge in [0.15, 0.2) is 0 Å². The van der Waals surface area contributed by atoms with E-state index in [1.165, 1.54) is 22.5 Å². The maximum Gasteiger partial charge on any atom is 0.263 e. The maximum atomic E-state index is 12.5. The number of thiophene rings is 1. The summed E-state index contributed by atoms with van der Waals surface area (Å²) in [5.41, 5.74) is 4.38. The topological polar surface area (TPSA) is 62.3 Å². The lowest BCUT2D eigenvalue weighted by Gasteiger charge is -2.29. The van der Waals surface area contributed by atoms with Crippen LogP contribution >= 0.6 is 22.7 Å². The van der Waals surface area contributed by atoms with E-state index in [4.69, 9.17) is 0 Å². The molecule has 4 rings (SSSR count). The molecular weight excluding hydrogens is 402 g/mol. The Hall–Kier alpha value is -2.51. The fraction of sp³-hybridized carbons (Fsp3) is 0.318. The van der Waals surface area contributed by atoms with Gasteiger partial charge in [-0.25, -0.2) is 4.98 Å². The lowest BCUT2D eigenvalue weighted by atomic mass is 9.99. The molecule has 0 fully saturated rings. The average molecular weight is 426 g/mol. The zero-order chi connectivity index (χ0) is 20.2. The van der Waals surface area contributed by atoms with Crippen LogP contribution in [0, 0.1) is 6.92 Å². The molecule has 1 N–H and O–H groups in total. The molecule has 0 unspecified atom stereocenters. The van der Waals surface area contributed by atoms with E-state index in [0.717, 1.165) is 29.2 Å². The van der Waals surface area contributed by atoms with Crippen LogP contribution in [0.5, 0.6) is 0 Å². The van der Waals surface area contributed by atoms with E-state index in [0.29, 0.717) is 30.8 Å². The number of carbonyl (C=O) groups is 2. The second-order valence-electron chi connectivity index (χ2n) is 7.14. The maximum absolute atomic E-state index is 12.5. The number of fused-ring (bicyclic) bond motifs is 1. The van der Waals surface area contributed by atoms with E-state index >= 15 is 0 Å². The van der Waals surface area contributed by atoms with Crippen molar-refractivity contribution in [2.75, 3.05) is 13.1 Å². The Balaban J connectivity index is 1.25. The van der Waals surface area contributed by atoms with Gasteiger partial charge < -0.3 is 10.2 Å². The van der Waals surface area contributed by atoms with Crippen LogP contribution in [0.25, 0.3) is 10.6 Å². The molecule has 150 valence electrons. The van der Waals surface area contributed by atoms with E-state index in [1.807, 2.05) is 40.8 Å². The average Bonchev–Trinajstić information content (AvgIpc) is 3.40. The van der Waals surface area contributed by atoms with Crippen LogP contribution in [0.15, 0.2) is 41.1 Å². The smallest absolute Gasteiger partial charge is 0.263 e. The summed E-state index contributed by atoms with van der Waals surface area (Å²) in [7, 11) is 0. The van der Waals surface area contributed by atoms with Gasteiger partial charge >= 0.3 is 0 Å². The number of amides is 2. The van der Waals surface area contributed by atoms with Crippen LogP contribution in [0.3, 0.4) is 0 Å². The number of nitrogens with zero attached hydrogens (tertiary/aromatic N) is 2. The molecule has 0 atom stereocenters. The van der Waals surface area contributed by atoms with Gasteiger partial charge in [-0.1, -0.05) is 24.3 Å². The number of thiazole rings is 1. The minimum absolute atomic E-state index is 0.110. The van der Waals surface area contributed by atoms with Gasteiger partial charge in [0.05, 0.1) is 5.69 Å². The molecule has 0 saturated carbocycles. The molecule has 3 aromatic rings. The standard InChI is InChI=1S/C22H23N3O2S2/c1-15-20(29-22(24-15)18-9-12-28-14-18)21(27)23-10-4-7-19(26)25-11-8-16-5-2-3-6-17(16)13-25/h2-3,5-6,9,12,14H,4,7-8,10-11,13H2,1H3,(H,23,27). The molecule has 2 amide bonds. The van der Waals surface area contributed by atoms with Crippen LogP contribution in [0.2, 0.25) is 0 Å². The molecule has 0 aliphatic carbocycles. The fourth-order valence-electron chi connectivity index (χ4n) is 3.51. The number of hydrogen-bond donors (Lipinski definition) is 1. The first-order valence-corrected chi connectivity index (χ1v) is 11.5. The first-order chi connectivity index (χ1) is 14.1. The van der Waals surface area contributed by atoms with Gasteiger partial charge in [-0.15, -0.1) is 11.3 Å². The largest absolute Gasteiger partial charge is 0.351 e. The van der Waals surface area contributed by atoms with E-state index in [1.54, 1.807) is 11.3 Å². The molecule has 3 heterocycles. The highest BCUT2D eigenvalue weighted by atomic mass is 32.1. The van der Waals surface area contributed by atoms with Gasteiger partial charge in [0.25, 0.3) is 5.91 Å². The molecule has 7 heteroatoms. The van der Waals surface area contributed by atoms with Crippen molar-refractivity contribution in [1.82, 2.24) is 15.2 Å². The molecule has 0 saturated heterocycles. The number of carbonyl (C=O) groups excluding carboxylic acids is 2. The predicted molar refractivity (Wildman–Crippen MR) is 117 cm³/mol. The summed E-state index contributed by atoms with van der Waals surface area (Å²) < 4.78 is 0. The monoisotopic (exact) mass is 425 g/mol. The summed E-state index contributed by atoms with van der Waals surface area (Å²) in [5, 5.41) is 7.84. The SMILES string of the molecule is Cc1nc(-c2ccsc2)sc1C(=O)NCCCC(=O)N1CCc2ccccc2C1. The van der Waals surface area contributed by atoms with E-state index in [-0.39, 0.29) is 11.8 Å². The molecule has 5 nitrogen and oxygen atoms in total. The van der Waals surface area contributed by atoms with Crippen LogP contribution in [-0.4, -0.2) is 34.8 Å². The minimum atomic E-state index is -0.110. The quantitative estimate of drug-likeness (QED) is 0.600. The summed E-state index contributed by atoms with van der Waals surface area (Å²) >= 11 is 3.03. The van der Waals surface area contributed by atoms with Crippen LogP contribution in [-0.2, 0) is 17.8 Å². The van der Waals surface area contributed by atoms with Crippen LogP contribution in [0.4, 0.5) is 0 Å². The predicted octanol–water partition coefficient (Wildman–Crippen LogP) is 4.27. The van der Waals surface area contributed by atoms with Crippen LogP contribution in [0.1, 0.15) is 39.3 Å². The van der Waals surface area contributed by atoms with E-state index < -0.39 is 0 Å². The number of nitrogens with one attached hydrogen (secondary N) is 1. The highest BCUT2D eigenvalue weighted by Crippen LogP contribution is 2.29. The second-order valence-corrected chi connectivity index (χ2v) is 8.92. The normalized spacial score (nSPS) is 13.2. The van der Waals surface area contributed by atoms with Gasteiger partial charge in [-0.05, 0) is 42.3 Å². The zero-order valence-electron chi connectivity index (χ0n) is 16.3. The first kappa shape index (κ1) is 19.8. The van der Waals surface area contributed by atoms with Gasteiger partial charge in [0.1, 0.15) is 9.88 Å². The Kier molecular flexibility index (Phi) is 6.06. The Labute approximate surface area is 178 Å². The third-order valence-electron chi connectivity index (χ3n) is 5.11. The first-order valence-electron chi connectivity index (χ1n) is 9.74. The number of rotatable bonds is 6. The van der Waals surface area contributed by atoms with Crippen molar-refractivity contribution in [3.8, 4) is 10.6 Å². The summed E-state index contributed by atoms with van der Waals surface area (Å²) in [6, 6.07) is 10.3. The van der Waals surface area contributed by atoms with E-state index in [2.05, 4.69) is 22.4 Å². The van der Waals surface area contributed by atoms with Gasteiger partial charge in [-0.3, -0.25) is 9.59 Å².